The number of anilines is 1. The monoisotopic (exact) mass is 361 g/mol. The third kappa shape index (κ3) is 4.39. The SMILES string of the molecule is Cc1ccccc1C(=O)NCCC(=O)Nc1cccnc1Br. The minimum Gasteiger partial charge on any atom is -0.352 e. The number of nitrogens with zero attached hydrogens (tertiary/aromatic N) is 1. The van der Waals surface area contributed by atoms with Crippen molar-refractivity contribution in [2.75, 3.05) is 11.9 Å². The van der Waals surface area contributed by atoms with E-state index in [0.717, 1.165) is 5.56 Å². The molecule has 0 aliphatic heterocycles. The molecular formula is C16H16BrN3O2. The summed E-state index contributed by atoms with van der Waals surface area (Å²) in [5.41, 5.74) is 2.14. The Morgan fingerprint density at radius 2 is 1.95 bits per heavy atom. The molecule has 0 unspecified atom stereocenters. The number of aryl methyl sites for hydroxylation is 1. The number of hydrogen-bond donors (Lipinski definition) is 2. The van der Waals surface area contributed by atoms with Crippen LogP contribution >= 0.6 is 15.9 Å². The Bertz CT molecular complexity index is 689. The predicted octanol–water partition coefficient (Wildman–Crippen LogP) is 2.91. The molecule has 2 aromatic rings. The van der Waals surface area contributed by atoms with Gasteiger partial charge in [-0.3, -0.25) is 9.59 Å². The van der Waals surface area contributed by atoms with Crippen LogP contribution in [0.3, 0.4) is 0 Å². The van der Waals surface area contributed by atoms with Gasteiger partial charge >= 0.3 is 0 Å². The van der Waals surface area contributed by atoms with Gasteiger partial charge < -0.3 is 10.6 Å². The third-order valence-corrected chi connectivity index (χ3v) is 3.69. The Kier molecular flexibility index (Phi) is 5.66. The Morgan fingerprint density at radius 1 is 1.18 bits per heavy atom. The van der Waals surface area contributed by atoms with Gasteiger partial charge in [0.1, 0.15) is 4.60 Å². The second-order valence-electron chi connectivity index (χ2n) is 4.71. The van der Waals surface area contributed by atoms with Gasteiger partial charge in [0.2, 0.25) is 5.91 Å². The molecule has 114 valence electrons. The van der Waals surface area contributed by atoms with Crippen LogP contribution in [-0.4, -0.2) is 23.3 Å². The lowest BCUT2D eigenvalue weighted by Gasteiger charge is -2.08. The lowest BCUT2D eigenvalue weighted by atomic mass is 10.1. The second-order valence-corrected chi connectivity index (χ2v) is 5.46. The molecule has 0 bridgehead atoms. The molecule has 0 aliphatic carbocycles. The maximum absolute atomic E-state index is 12.0. The lowest BCUT2D eigenvalue weighted by Crippen LogP contribution is -2.28. The van der Waals surface area contributed by atoms with Crippen LogP contribution in [0.5, 0.6) is 0 Å². The van der Waals surface area contributed by atoms with Gasteiger partial charge in [-0.05, 0) is 46.6 Å². The Balaban J connectivity index is 1.81. The number of halogens is 1. The first-order valence-corrected chi connectivity index (χ1v) is 7.61. The van der Waals surface area contributed by atoms with Gasteiger partial charge in [0.15, 0.2) is 0 Å². The van der Waals surface area contributed by atoms with Crippen LogP contribution in [0.25, 0.3) is 0 Å². The highest BCUT2D eigenvalue weighted by Crippen LogP contribution is 2.18. The molecule has 1 aromatic carbocycles. The lowest BCUT2D eigenvalue weighted by molar-refractivity contribution is -0.116. The van der Waals surface area contributed by atoms with E-state index in [1.807, 2.05) is 25.1 Å². The quantitative estimate of drug-likeness (QED) is 0.804. The first-order chi connectivity index (χ1) is 10.6. The molecule has 6 heteroatoms. The smallest absolute Gasteiger partial charge is 0.251 e. The maximum Gasteiger partial charge on any atom is 0.251 e. The van der Waals surface area contributed by atoms with E-state index in [9.17, 15) is 9.59 Å². The first-order valence-electron chi connectivity index (χ1n) is 6.82. The summed E-state index contributed by atoms with van der Waals surface area (Å²) in [5.74, 6) is -0.354. The molecule has 0 atom stereocenters. The van der Waals surface area contributed by atoms with Crippen molar-refractivity contribution < 1.29 is 9.59 Å². The maximum atomic E-state index is 12.0. The van der Waals surface area contributed by atoms with Crippen LogP contribution in [-0.2, 0) is 4.79 Å². The highest BCUT2D eigenvalue weighted by Gasteiger charge is 2.09. The molecule has 2 amide bonds. The Hall–Kier alpha value is -2.21. The number of pyridine rings is 1. The zero-order chi connectivity index (χ0) is 15.9. The summed E-state index contributed by atoms with van der Waals surface area (Å²) in [6.45, 7) is 2.15. The zero-order valence-electron chi connectivity index (χ0n) is 12.1. The minimum atomic E-state index is -0.182. The molecule has 0 saturated heterocycles. The van der Waals surface area contributed by atoms with Crippen LogP contribution in [0.1, 0.15) is 22.3 Å². The molecule has 2 rings (SSSR count). The molecule has 0 aliphatic rings. The summed E-state index contributed by atoms with van der Waals surface area (Å²) in [6, 6.07) is 10.8. The molecule has 1 aromatic heterocycles. The van der Waals surface area contributed by atoms with Crippen molar-refractivity contribution in [2.45, 2.75) is 13.3 Å². The highest BCUT2D eigenvalue weighted by molar-refractivity contribution is 9.10. The van der Waals surface area contributed by atoms with Crippen molar-refractivity contribution in [1.29, 1.82) is 0 Å². The molecule has 2 N–H and O–H groups in total. The minimum absolute atomic E-state index is 0.173. The van der Waals surface area contributed by atoms with Crippen LogP contribution in [0.15, 0.2) is 47.2 Å². The van der Waals surface area contributed by atoms with E-state index in [0.29, 0.717) is 15.9 Å². The van der Waals surface area contributed by atoms with Crippen molar-refractivity contribution in [3.63, 3.8) is 0 Å². The number of carbonyl (C=O) groups is 2. The number of carbonyl (C=O) groups excluding carboxylic acids is 2. The van der Waals surface area contributed by atoms with Gasteiger partial charge in [0.05, 0.1) is 5.69 Å². The van der Waals surface area contributed by atoms with Gasteiger partial charge in [-0.15, -0.1) is 0 Å². The van der Waals surface area contributed by atoms with E-state index >= 15 is 0 Å². The van der Waals surface area contributed by atoms with Crippen LogP contribution in [0, 0.1) is 6.92 Å². The van der Waals surface area contributed by atoms with E-state index in [4.69, 9.17) is 0 Å². The number of aromatic nitrogens is 1. The number of nitrogens with one attached hydrogen (secondary N) is 2. The van der Waals surface area contributed by atoms with Crippen molar-refractivity contribution in [3.05, 3.63) is 58.3 Å². The van der Waals surface area contributed by atoms with Crippen molar-refractivity contribution in [2.24, 2.45) is 0 Å². The van der Waals surface area contributed by atoms with E-state index in [-0.39, 0.29) is 24.8 Å². The summed E-state index contributed by atoms with van der Waals surface area (Å²) in [4.78, 5) is 27.9. The van der Waals surface area contributed by atoms with Crippen molar-refractivity contribution >= 4 is 33.4 Å². The largest absolute Gasteiger partial charge is 0.352 e. The van der Waals surface area contributed by atoms with Crippen molar-refractivity contribution in [3.8, 4) is 0 Å². The van der Waals surface area contributed by atoms with E-state index in [2.05, 4.69) is 31.5 Å². The van der Waals surface area contributed by atoms with Crippen LogP contribution < -0.4 is 10.6 Å². The standard InChI is InChI=1S/C16H16BrN3O2/c1-11-5-2-3-6-12(11)16(22)19-10-8-14(21)20-13-7-4-9-18-15(13)17/h2-7,9H,8,10H2,1H3,(H,19,22)(H,20,21). The number of amides is 2. The topological polar surface area (TPSA) is 71.1 Å². The van der Waals surface area contributed by atoms with Crippen molar-refractivity contribution in [1.82, 2.24) is 10.3 Å². The summed E-state index contributed by atoms with van der Waals surface area (Å²) >= 11 is 3.26. The van der Waals surface area contributed by atoms with Crippen LogP contribution in [0.4, 0.5) is 5.69 Å². The average Bonchev–Trinajstić information content (AvgIpc) is 2.50. The summed E-state index contributed by atoms with van der Waals surface area (Å²) in [5, 5.41) is 5.48. The van der Waals surface area contributed by atoms with Crippen LogP contribution in [0.2, 0.25) is 0 Å². The summed E-state index contributed by atoms with van der Waals surface area (Å²) < 4.78 is 0.576. The molecule has 22 heavy (non-hydrogen) atoms. The first kappa shape index (κ1) is 16.2. The molecule has 0 spiro atoms. The normalized spacial score (nSPS) is 10.1. The van der Waals surface area contributed by atoms with Gasteiger partial charge in [-0.25, -0.2) is 4.98 Å². The van der Waals surface area contributed by atoms with E-state index in [1.165, 1.54) is 0 Å². The number of rotatable bonds is 5. The van der Waals surface area contributed by atoms with Gasteiger partial charge in [-0.1, -0.05) is 18.2 Å². The zero-order valence-corrected chi connectivity index (χ0v) is 13.7. The molecule has 5 nitrogen and oxygen atoms in total. The van der Waals surface area contributed by atoms with Gasteiger partial charge in [-0.2, -0.15) is 0 Å². The summed E-state index contributed by atoms with van der Waals surface area (Å²) in [6.07, 6.45) is 1.82. The molecule has 0 radical (unpaired) electrons. The molecule has 0 saturated carbocycles. The highest BCUT2D eigenvalue weighted by atomic mass is 79.9. The fourth-order valence-corrected chi connectivity index (χ4v) is 2.25. The number of hydrogen-bond acceptors (Lipinski definition) is 3. The molecule has 1 heterocycles. The predicted molar refractivity (Wildman–Crippen MR) is 88.7 cm³/mol. The summed E-state index contributed by atoms with van der Waals surface area (Å²) in [7, 11) is 0. The van der Waals surface area contributed by atoms with Gasteiger partial charge in [0.25, 0.3) is 5.91 Å². The fourth-order valence-electron chi connectivity index (χ4n) is 1.90. The Morgan fingerprint density at radius 3 is 2.68 bits per heavy atom. The van der Waals surface area contributed by atoms with E-state index < -0.39 is 0 Å². The molecular weight excluding hydrogens is 346 g/mol. The second kappa shape index (κ2) is 7.70. The third-order valence-electron chi connectivity index (χ3n) is 3.06. The number of benzene rings is 1. The fraction of sp³-hybridized carbons (Fsp3) is 0.188. The van der Waals surface area contributed by atoms with Gasteiger partial charge in [0, 0.05) is 24.7 Å². The van der Waals surface area contributed by atoms with E-state index in [1.54, 1.807) is 24.4 Å². The molecule has 0 fully saturated rings. The Labute approximate surface area is 137 Å². The average molecular weight is 362 g/mol.